The van der Waals surface area contributed by atoms with Crippen molar-refractivity contribution in [3.8, 4) is 17.2 Å². The third kappa shape index (κ3) is 3.84. The Kier molecular flexibility index (Phi) is 3.18. The van der Waals surface area contributed by atoms with Crippen LogP contribution in [0.2, 0.25) is 0 Å². The number of ether oxygens (including phenoxy) is 2. The molecule has 3 heteroatoms. The van der Waals surface area contributed by atoms with Crippen LogP contribution in [0.4, 0.5) is 0 Å². The standard InChI is InChI=1S/C14H20O3/c1-14(2,3)17-13-7-6-11(8-12(13)15)16-9-10-4-5-10/h6-8,10,15H,4-5,9H2,1-3H3. The highest BCUT2D eigenvalue weighted by molar-refractivity contribution is 5.44. The van der Waals surface area contributed by atoms with E-state index in [0.29, 0.717) is 17.4 Å². The van der Waals surface area contributed by atoms with Gasteiger partial charge in [0.2, 0.25) is 0 Å². The van der Waals surface area contributed by atoms with Gasteiger partial charge < -0.3 is 14.6 Å². The van der Waals surface area contributed by atoms with E-state index >= 15 is 0 Å². The zero-order valence-electron chi connectivity index (χ0n) is 10.7. The average Bonchev–Trinajstić information content (AvgIpc) is 3.00. The fraction of sp³-hybridized carbons (Fsp3) is 0.571. The van der Waals surface area contributed by atoms with Gasteiger partial charge in [-0.25, -0.2) is 0 Å². The molecule has 0 amide bonds. The van der Waals surface area contributed by atoms with Crippen molar-refractivity contribution < 1.29 is 14.6 Å². The Morgan fingerprint density at radius 1 is 1.29 bits per heavy atom. The highest BCUT2D eigenvalue weighted by atomic mass is 16.5. The predicted octanol–water partition coefficient (Wildman–Crippen LogP) is 3.36. The molecule has 17 heavy (non-hydrogen) atoms. The molecule has 3 nitrogen and oxygen atoms in total. The third-order valence-electron chi connectivity index (χ3n) is 2.53. The van der Waals surface area contributed by atoms with Crippen molar-refractivity contribution in [2.24, 2.45) is 5.92 Å². The second-order valence-corrected chi connectivity index (χ2v) is 5.60. The van der Waals surface area contributed by atoms with Gasteiger partial charge in [0, 0.05) is 6.07 Å². The Morgan fingerprint density at radius 3 is 2.53 bits per heavy atom. The summed E-state index contributed by atoms with van der Waals surface area (Å²) in [6.45, 7) is 6.59. The smallest absolute Gasteiger partial charge is 0.161 e. The largest absolute Gasteiger partial charge is 0.504 e. The van der Waals surface area contributed by atoms with E-state index in [1.54, 1.807) is 12.1 Å². The molecule has 1 saturated carbocycles. The van der Waals surface area contributed by atoms with E-state index in [2.05, 4.69) is 0 Å². The first kappa shape index (κ1) is 12.1. The van der Waals surface area contributed by atoms with Crippen molar-refractivity contribution in [3.63, 3.8) is 0 Å². The van der Waals surface area contributed by atoms with E-state index in [1.807, 2.05) is 26.8 Å². The first-order valence-corrected chi connectivity index (χ1v) is 6.09. The van der Waals surface area contributed by atoms with Crippen molar-refractivity contribution in [1.29, 1.82) is 0 Å². The summed E-state index contributed by atoms with van der Waals surface area (Å²) in [5.41, 5.74) is -0.312. The summed E-state index contributed by atoms with van der Waals surface area (Å²) in [5.74, 6) is 2.04. The monoisotopic (exact) mass is 236 g/mol. The molecule has 0 saturated heterocycles. The topological polar surface area (TPSA) is 38.7 Å². The fourth-order valence-corrected chi connectivity index (χ4v) is 1.50. The van der Waals surface area contributed by atoms with E-state index in [9.17, 15) is 5.11 Å². The minimum absolute atomic E-state index is 0.133. The summed E-state index contributed by atoms with van der Waals surface area (Å²) in [5, 5.41) is 9.83. The van der Waals surface area contributed by atoms with Crippen molar-refractivity contribution in [1.82, 2.24) is 0 Å². The number of phenolic OH excluding ortho intramolecular Hbond substituents is 1. The van der Waals surface area contributed by atoms with Crippen LogP contribution < -0.4 is 9.47 Å². The van der Waals surface area contributed by atoms with Crippen LogP contribution in [0.1, 0.15) is 33.6 Å². The van der Waals surface area contributed by atoms with E-state index in [0.717, 1.165) is 6.61 Å². The second kappa shape index (κ2) is 4.47. The maximum absolute atomic E-state index is 9.83. The SMILES string of the molecule is CC(C)(C)Oc1ccc(OCC2CC2)cc1O. The van der Waals surface area contributed by atoms with Gasteiger partial charge in [-0.05, 0) is 51.7 Å². The Balaban J connectivity index is 1.99. The van der Waals surface area contributed by atoms with E-state index in [4.69, 9.17) is 9.47 Å². The number of hydrogen-bond acceptors (Lipinski definition) is 3. The minimum atomic E-state index is -0.312. The number of hydrogen-bond donors (Lipinski definition) is 1. The Hall–Kier alpha value is -1.38. The minimum Gasteiger partial charge on any atom is -0.504 e. The molecule has 0 aromatic heterocycles. The number of aromatic hydroxyl groups is 1. The molecule has 2 rings (SSSR count). The van der Waals surface area contributed by atoms with Gasteiger partial charge in [-0.3, -0.25) is 0 Å². The number of phenols is 1. The lowest BCUT2D eigenvalue weighted by molar-refractivity contribution is 0.125. The van der Waals surface area contributed by atoms with Crippen LogP contribution in [0, 0.1) is 5.92 Å². The van der Waals surface area contributed by atoms with E-state index < -0.39 is 0 Å². The Bertz CT molecular complexity index is 389. The first-order valence-electron chi connectivity index (χ1n) is 6.09. The predicted molar refractivity (Wildman–Crippen MR) is 66.7 cm³/mol. The first-order chi connectivity index (χ1) is 7.94. The third-order valence-corrected chi connectivity index (χ3v) is 2.53. The van der Waals surface area contributed by atoms with Crippen LogP contribution >= 0.6 is 0 Å². The molecule has 0 aliphatic heterocycles. The van der Waals surface area contributed by atoms with Crippen LogP contribution in [0.5, 0.6) is 17.2 Å². The van der Waals surface area contributed by atoms with Gasteiger partial charge in [0.15, 0.2) is 11.5 Å². The summed E-state index contributed by atoms with van der Waals surface area (Å²) >= 11 is 0. The van der Waals surface area contributed by atoms with Crippen molar-refractivity contribution in [2.45, 2.75) is 39.2 Å². The molecule has 1 fully saturated rings. The molecule has 1 N–H and O–H groups in total. The number of benzene rings is 1. The van der Waals surface area contributed by atoms with Gasteiger partial charge >= 0.3 is 0 Å². The van der Waals surface area contributed by atoms with Crippen LogP contribution in [-0.4, -0.2) is 17.3 Å². The van der Waals surface area contributed by atoms with Gasteiger partial charge in [0.1, 0.15) is 11.4 Å². The molecule has 1 aliphatic rings. The van der Waals surface area contributed by atoms with Crippen molar-refractivity contribution >= 4 is 0 Å². The van der Waals surface area contributed by atoms with Crippen LogP contribution in [-0.2, 0) is 0 Å². The lowest BCUT2D eigenvalue weighted by atomic mass is 10.2. The van der Waals surface area contributed by atoms with Gasteiger partial charge in [-0.2, -0.15) is 0 Å². The van der Waals surface area contributed by atoms with Gasteiger partial charge in [-0.1, -0.05) is 0 Å². The highest BCUT2D eigenvalue weighted by Gasteiger charge is 2.22. The highest BCUT2D eigenvalue weighted by Crippen LogP contribution is 2.34. The molecule has 0 heterocycles. The molecule has 0 radical (unpaired) electrons. The zero-order chi connectivity index (χ0) is 12.5. The van der Waals surface area contributed by atoms with Crippen molar-refractivity contribution in [2.75, 3.05) is 6.61 Å². The maximum atomic E-state index is 9.83. The number of rotatable bonds is 4. The van der Waals surface area contributed by atoms with Crippen LogP contribution in [0.3, 0.4) is 0 Å². The molecule has 0 unspecified atom stereocenters. The maximum Gasteiger partial charge on any atom is 0.161 e. The normalized spacial score (nSPS) is 15.7. The lowest BCUT2D eigenvalue weighted by Gasteiger charge is -2.22. The van der Waals surface area contributed by atoms with Gasteiger partial charge in [-0.15, -0.1) is 0 Å². The van der Waals surface area contributed by atoms with Crippen LogP contribution in [0.25, 0.3) is 0 Å². The molecular formula is C14H20O3. The van der Waals surface area contributed by atoms with Crippen molar-refractivity contribution in [3.05, 3.63) is 18.2 Å². The quantitative estimate of drug-likeness (QED) is 0.871. The Labute approximate surface area is 102 Å². The average molecular weight is 236 g/mol. The summed E-state index contributed by atoms with van der Waals surface area (Å²) < 4.78 is 11.2. The molecular weight excluding hydrogens is 216 g/mol. The fourth-order valence-electron chi connectivity index (χ4n) is 1.50. The molecule has 94 valence electrons. The molecule has 0 spiro atoms. The second-order valence-electron chi connectivity index (χ2n) is 5.60. The zero-order valence-corrected chi connectivity index (χ0v) is 10.7. The summed E-state index contributed by atoms with van der Waals surface area (Å²) in [4.78, 5) is 0. The molecule has 1 aliphatic carbocycles. The lowest BCUT2D eigenvalue weighted by Crippen LogP contribution is -2.22. The van der Waals surface area contributed by atoms with Gasteiger partial charge in [0.05, 0.1) is 6.61 Å². The Morgan fingerprint density at radius 2 is 2.00 bits per heavy atom. The van der Waals surface area contributed by atoms with Crippen LogP contribution in [0.15, 0.2) is 18.2 Å². The summed E-state index contributed by atoms with van der Waals surface area (Å²) in [6, 6.07) is 5.20. The molecule has 0 atom stereocenters. The van der Waals surface area contributed by atoms with Gasteiger partial charge in [0.25, 0.3) is 0 Å². The summed E-state index contributed by atoms with van der Waals surface area (Å²) in [6.07, 6.45) is 2.52. The molecule has 1 aromatic rings. The van der Waals surface area contributed by atoms with E-state index in [1.165, 1.54) is 12.8 Å². The summed E-state index contributed by atoms with van der Waals surface area (Å²) in [7, 11) is 0. The molecule has 0 bridgehead atoms. The molecule has 1 aromatic carbocycles. The van der Waals surface area contributed by atoms with E-state index in [-0.39, 0.29) is 11.4 Å².